The summed E-state index contributed by atoms with van der Waals surface area (Å²) in [6, 6.07) is 5.95. The molecule has 2 amide bonds. The van der Waals surface area contributed by atoms with Crippen molar-refractivity contribution < 1.29 is 29.0 Å². The van der Waals surface area contributed by atoms with Crippen LogP contribution in [0.2, 0.25) is 0 Å². The van der Waals surface area contributed by atoms with E-state index in [0.717, 1.165) is 27.9 Å². The van der Waals surface area contributed by atoms with Gasteiger partial charge in [-0.1, -0.05) is 0 Å². The van der Waals surface area contributed by atoms with Crippen LogP contribution in [0, 0.1) is 11.8 Å². The second-order valence-electron chi connectivity index (χ2n) is 11.8. The van der Waals surface area contributed by atoms with Gasteiger partial charge in [0.05, 0.1) is 25.2 Å². The number of fused-ring (bicyclic) bond motifs is 1. The van der Waals surface area contributed by atoms with E-state index in [0.29, 0.717) is 43.1 Å². The third kappa shape index (κ3) is 5.84. The van der Waals surface area contributed by atoms with Crippen LogP contribution in [0.3, 0.4) is 0 Å². The second kappa shape index (κ2) is 12.2. The molecule has 1 aromatic carbocycles. The van der Waals surface area contributed by atoms with Gasteiger partial charge in [-0.05, 0) is 30.8 Å². The van der Waals surface area contributed by atoms with Crippen molar-refractivity contribution in [3.05, 3.63) is 46.5 Å². The third-order valence-corrected chi connectivity index (χ3v) is 8.63. The number of carbonyl (C=O) groups excluding carboxylic acids is 2. The first-order valence-electron chi connectivity index (χ1n) is 14.3. The Kier molecular flexibility index (Phi) is 8.62. The van der Waals surface area contributed by atoms with E-state index >= 15 is 0 Å². The molecule has 2 aliphatic rings. The molecule has 2 saturated heterocycles. The molecule has 4 heterocycles. The number of hydrogen-bond acceptors (Lipinski definition) is 10. The number of methoxy groups -OCH3 is 2. The minimum absolute atomic E-state index is 0.00204. The van der Waals surface area contributed by atoms with Gasteiger partial charge in [0, 0.05) is 89.0 Å². The standard InChI is InChI=1S/C31H38N6O7/c1-34(2)26-10-20-21(11-32-26)30(40)36(4)15-22(20)17-7-24(43-5)23(25(8-17)44-6)16-37-13-19(14-37)35(3)12-18-9-27(38)33-29(39)28(18)31(41)42/h7-8,10-11,15,18-19,28H,9,12-14,16H2,1-6H3,(H,41,42)(H,33,38,39). The molecule has 2 fully saturated rings. The molecule has 44 heavy (non-hydrogen) atoms. The van der Waals surface area contributed by atoms with Gasteiger partial charge < -0.3 is 28.9 Å². The lowest BCUT2D eigenvalue weighted by Crippen LogP contribution is -2.60. The van der Waals surface area contributed by atoms with E-state index in [1.807, 2.05) is 55.3 Å². The fourth-order valence-corrected chi connectivity index (χ4v) is 6.13. The summed E-state index contributed by atoms with van der Waals surface area (Å²) in [5.41, 5.74) is 2.42. The van der Waals surface area contributed by atoms with Crippen LogP contribution >= 0.6 is 0 Å². The molecular formula is C31H38N6O7. The summed E-state index contributed by atoms with van der Waals surface area (Å²) in [5.74, 6) is -2.20. The van der Waals surface area contributed by atoms with Gasteiger partial charge in [0.15, 0.2) is 0 Å². The Labute approximate surface area is 255 Å². The Morgan fingerprint density at radius 2 is 1.73 bits per heavy atom. The maximum absolute atomic E-state index is 12.9. The fourth-order valence-electron chi connectivity index (χ4n) is 6.13. The number of carboxylic acids is 1. The molecule has 234 valence electrons. The number of aryl methyl sites for hydroxylation is 1. The molecule has 0 saturated carbocycles. The van der Waals surface area contributed by atoms with Gasteiger partial charge in [0.25, 0.3) is 5.56 Å². The maximum Gasteiger partial charge on any atom is 0.316 e. The maximum atomic E-state index is 12.9. The quantitative estimate of drug-likeness (QED) is 0.253. The van der Waals surface area contributed by atoms with Gasteiger partial charge in [-0.25, -0.2) is 4.98 Å². The zero-order chi connectivity index (χ0) is 31.9. The van der Waals surface area contributed by atoms with Crippen LogP contribution in [0.4, 0.5) is 5.82 Å². The molecule has 0 bridgehead atoms. The van der Waals surface area contributed by atoms with E-state index in [2.05, 4.69) is 15.2 Å². The number of pyridine rings is 2. The third-order valence-electron chi connectivity index (χ3n) is 8.63. The molecule has 0 spiro atoms. The van der Waals surface area contributed by atoms with Crippen molar-refractivity contribution in [2.45, 2.75) is 19.0 Å². The number of amides is 2. The van der Waals surface area contributed by atoms with E-state index in [-0.39, 0.29) is 18.0 Å². The SMILES string of the molecule is COc1cc(-c2cn(C)c(=O)c3cnc(N(C)C)cc23)cc(OC)c1CN1CC(N(C)CC2CC(=O)NC(=O)C2C(=O)O)C1. The zero-order valence-corrected chi connectivity index (χ0v) is 25.8. The van der Waals surface area contributed by atoms with Gasteiger partial charge in [-0.3, -0.25) is 29.4 Å². The van der Waals surface area contributed by atoms with E-state index in [1.165, 1.54) is 0 Å². The van der Waals surface area contributed by atoms with E-state index in [4.69, 9.17) is 9.47 Å². The number of likely N-dealkylation sites (N-methyl/N-ethyl adjacent to an activating group) is 1. The normalized spacial score (nSPS) is 19.2. The minimum atomic E-state index is -1.24. The number of rotatable bonds is 10. The van der Waals surface area contributed by atoms with Crippen molar-refractivity contribution in [2.24, 2.45) is 18.9 Å². The monoisotopic (exact) mass is 606 g/mol. The molecule has 13 nitrogen and oxygen atoms in total. The summed E-state index contributed by atoms with van der Waals surface area (Å²) in [7, 11) is 10.6. The van der Waals surface area contributed by atoms with Crippen molar-refractivity contribution in [1.29, 1.82) is 0 Å². The average Bonchev–Trinajstić information content (AvgIpc) is 2.95. The number of aromatic nitrogens is 2. The predicted octanol–water partition coefficient (Wildman–Crippen LogP) is 1.16. The molecule has 2 aromatic heterocycles. The Morgan fingerprint density at radius 3 is 2.32 bits per heavy atom. The van der Waals surface area contributed by atoms with Crippen molar-refractivity contribution in [3.63, 3.8) is 0 Å². The second-order valence-corrected chi connectivity index (χ2v) is 11.8. The summed E-state index contributed by atoms with van der Waals surface area (Å²) in [6.45, 7) is 2.30. The van der Waals surface area contributed by atoms with Gasteiger partial charge in [0.2, 0.25) is 11.8 Å². The van der Waals surface area contributed by atoms with Crippen molar-refractivity contribution in [3.8, 4) is 22.6 Å². The predicted molar refractivity (Wildman–Crippen MR) is 164 cm³/mol. The van der Waals surface area contributed by atoms with Crippen LogP contribution in [0.1, 0.15) is 12.0 Å². The number of hydrogen-bond donors (Lipinski definition) is 2. The Hall–Kier alpha value is -4.49. The van der Waals surface area contributed by atoms with Crippen molar-refractivity contribution in [2.75, 3.05) is 59.9 Å². The first-order chi connectivity index (χ1) is 20.9. The van der Waals surface area contributed by atoms with Crippen LogP contribution in [0.25, 0.3) is 21.9 Å². The number of anilines is 1. The highest BCUT2D eigenvalue weighted by Crippen LogP contribution is 2.39. The molecule has 2 aliphatic heterocycles. The Balaban J connectivity index is 1.36. The number of carbonyl (C=O) groups is 3. The summed E-state index contributed by atoms with van der Waals surface area (Å²) in [5, 5.41) is 13.0. The van der Waals surface area contributed by atoms with Crippen molar-refractivity contribution >= 4 is 34.4 Å². The smallest absolute Gasteiger partial charge is 0.316 e. The number of likely N-dealkylation sites (tertiary alicyclic amines) is 1. The van der Waals surface area contributed by atoms with E-state index < -0.39 is 29.6 Å². The lowest BCUT2D eigenvalue weighted by molar-refractivity contribution is -0.154. The molecule has 2 atom stereocenters. The summed E-state index contributed by atoms with van der Waals surface area (Å²) < 4.78 is 13.2. The highest BCUT2D eigenvalue weighted by molar-refractivity contribution is 6.07. The number of carboxylic acid groups (broad SMARTS) is 1. The number of nitrogens with zero attached hydrogens (tertiary/aromatic N) is 5. The average molecular weight is 607 g/mol. The zero-order valence-electron chi connectivity index (χ0n) is 25.8. The fraction of sp³-hybridized carbons (Fsp3) is 0.452. The van der Waals surface area contributed by atoms with Crippen molar-refractivity contribution in [1.82, 2.24) is 24.7 Å². The molecule has 0 radical (unpaired) electrons. The Bertz CT molecular complexity index is 1650. The van der Waals surface area contributed by atoms with Crippen LogP contribution < -0.4 is 25.2 Å². The van der Waals surface area contributed by atoms with Crippen LogP contribution in [-0.2, 0) is 28.0 Å². The number of nitrogens with one attached hydrogen (secondary N) is 1. The summed E-state index contributed by atoms with van der Waals surface area (Å²) >= 11 is 0. The minimum Gasteiger partial charge on any atom is -0.496 e. The molecular weight excluding hydrogens is 568 g/mol. The molecule has 2 N–H and O–H groups in total. The number of benzene rings is 1. The van der Waals surface area contributed by atoms with E-state index in [9.17, 15) is 24.3 Å². The number of aliphatic carboxylic acids is 1. The largest absolute Gasteiger partial charge is 0.496 e. The van der Waals surface area contributed by atoms with Crippen LogP contribution in [0.15, 0.2) is 35.4 Å². The lowest BCUT2D eigenvalue weighted by atomic mass is 9.84. The number of piperidine rings is 1. The highest BCUT2D eigenvalue weighted by Gasteiger charge is 2.43. The topological polar surface area (TPSA) is 147 Å². The molecule has 2 unspecified atom stereocenters. The van der Waals surface area contributed by atoms with Gasteiger partial charge in [0.1, 0.15) is 23.2 Å². The summed E-state index contributed by atoms with van der Waals surface area (Å²) in [4.78, 5) is 59.2. The van der Waals surface area contributed by atoms with Gasteiger partial charge in [-0.15, -0.1) is 0 Å². The van der Waals surface area contributed by atoms with Gasteiger partial charge in [-0.2, -0.15) is 0 Å². The van der Waals surface area contributed by atoms with Gasteiger partial charge >= 0.3 is 5.97 Å². The van der Waals surface area contributed by atoms with Crippen LogP contribution in [-0.4, -0.2) is 103 Å². The number of ether oxygens (including phenoxy) is 2. The number of imide groups is 1. The Morgan fingerprint density at radius 1 is 1.07 bits per heavy atom. The first kappa shape index (κ1) is 31.0. The molecule has 3 aromatic rings. The molecule has 13 heteroatoms. The molecule has 0 aliphatic carbocycles. The van der Waals surface area contributed by atoms with Crippen LogP contribution in [0.5, 0.6) is 11.5 Å². The van der Waals surface area contributed by atoms with E-state index in [1.54, 1.807) is 32.0 Å². The highest BCUT2D eigenvalue weighted by atomic mass is 16.5. The first-order valence-corrected chi connectivity index (χ1v) is 14.3. The summed E-state index contributed by atoms with van der Waals surface area (Å²) in [6.07, 6.45) is 3.42. The molecule has 5 rings (SSSR count). The lowest BCUT2D eigenvalue weighted by Gasteiger charge is -2.45.